The largest absolute Gasteiger partial charge is 0.482 e. The first-order valence-electron chi connectivity index (χ1n) is 5.54. The van der Waals surface area contributed by atoms with Gasteiger partial charge in [0.05, 0.1) is 6.61 Å². The SMILES string of the molecule is O=C(O)COc1cccc2c1CCN2CCO. The van der Waals surface area contributed by atoms with Gasteiger partial charge in [0.2, 0.25) is 0 Å². The molecule has 0 saturated heterocycles. The van der Waals surface area contributed by atoms with Gasteiger partial charge in [0, 0.05) is 24.3 Å². The van der Waals surface area contributed by atoms with E-state index in [1.54, 1.807) is 6.07 Å². The molecule has 5 nitrogen and oxygen atoms in total. The van der Waals surface area contributed by atoms with Crippen molar-refractivity contribution in [3.05, 3.63) is 23.8 Å². The molecule has 0 radical (unpaired) electrons. The predicted octanol–water partition coefficient (Wildman–Crippen LogP) is 0.505. The van der Waals surface area contributed by atoms with Crippen molar-refractivity contribution in [3.63, 3.8) is 0 Å². The van der Waals surface area contributed by atoms with E-state index in [1.807, 2.05) is 12.1 Å². The molecular formula is C12H15NO4. The third kappa shape index (κ3) is 2.50. The topological polar surface area (TPSA) is 70.0 Å². The number of carboxylic acid groups (broad SMARTS) is 1. The number of aliphatic hydroxyl groups is 1. The van der Waals surface area contributed by atoms with Crippen molar-refractivity contribution < 1.29 is 19.7 Å². The minimum atomic E-state index is -0.979. The molecule has 1 heterocycles. The van der Waals surface area contributed by atoms with Crippen molar-refractivity contribution in [1.29, 1.82) is 0 Å². The molecule has 92 valence electrons. The first-order chi connectivity index (χ1) is 8.22. The van der Waals surface area contributed by atoms with Crippen molar-refractivity contribution in [2.24, 2.45) is 0 Å². The summed E-state index contributed by atoms with van der Waals surface area (Å²) in [6.45, 7) is 1.22. The van der Waals surface area contributed by atoms with E-state index in [-0.39, 0.29) is 13.2 Å². The first-order valence-corrected chi connectivity index (χ1v) is 5.54. The lowest BCUT2D eigenvalue weighted by atomic mass is 10.1. The Morgan fingerprint density at radius 1 is 1.47 bits per heavy atom. The van der Waals surface area contributed by atoms with Crippen LogP contribution in [0.5, 0.6) is 5.75 Å². The Balaban J connectivity index is 2.17. The molecular weight excluding hydrogens is 222 g/mol. The summed E-state index contributed by atoms with van der Waals surface area (Å²) in [4.78, 5) is 12.5. The summed E-state index contributed by atoms with van der Waals surface area (Å²) in [6.07, 6.45) is 0.825. The van der Waals surface area contributed by atoms with E-state index in [0.29, 0.717) is 12.3 Å². The van der Waals surface area contributed by atoms with Crippen LogP contribution in [-0.2, 0) is 11.2 Å². The van der Waals surface area contributed by atoms with Gasteiger partial charge in [-0.2, -0.15) is 0 Å². The number of anilines is 1. The minimum Gasteiger partial charge on any atom is -0.482 e. The number of fused-ring (bicyclic) bond motifs is 1. The lowest BCUT2D eigenvalue weighted by molar-refractivity contribution is -0.139. The second kappa shape index (κ2) is 5.05. The molecule has 1 aliphatic rings. The molecule has 17 heavy (non-hydrogen) atoms. The molecule has 0 aliphatic carbocycles. The average molecular weight is 237 g/mol. The molecule has 0 spiro atoms. The van der Waals surface area contributed by atoms with Crippen molar-refractivity contribution in [2.75, 3.05) is 31.2 Å². The Kier molecular flexibility index (Phi) is 3.49. The maximum atomic E-state index is 10.5. The van der Waals surface area contributed by atoms with Crippen LogP contribution in [0.4, 0.5) is 5.69 Å². The lowest BCUT2D eigenvalue weighted by Crippen LogP contribution is -2.23. The lowest BCUT2D eigenvalue weighted by Gasteiger charge is -2.18. The second-order valence-corrected chi connectivity index (χ2v) is 3.90. The van der Waals surface area contributed by atoms with Crippen molar-refractivity contribution in [1.82, 2.24) is 0 Å². The maximum Gasteiger partial charge on any atom is 0.341 e. The highest BCUT2D eigenvalue weighted by Crippen LogP contribution is 2.34. The zero-order chi connectivity index (χ0) is 12.3. The van der Waals surface area contributed by atoms with E-state index in [4.69, 9.17) is 14.9 Å². The number of nitrogens with zero attached hydrogens (tertiary/aromatic N) is 1. The molecule has 0 unspecified atom stereocenters. The van der Waals surface area contributed by atoms with Gasteiger partial charge in [-0.25, -0.2) is 4.79 Å². The zero-order valence-corrected chi connectivity index (χ0v) is 9.43. The highest BCUT2D eigenvalue weighted by molar-refractivity contribution is 5.69. The second-order valence-electron chi connectivity index (χ2n) is 3.90. The monoisotopic (exact) mass is 237 g/mol. The molecule has 0 aromatic heterocycles. The summed E-state index contributed by atoms with van der Waals surface area (Å²) in [5.74, 6) is -0.349. The fourth-order valence-electron chi connectivity index (χ4n) is 2.10. The van der Waals surface area contributed by atoms with Crippen LogP contribution >= 0.6 is 0 Å². The summed E-state index contributed by atoms with van der Waals surface area (Å²) < 4.78 is 5.25. The summed E-state index contributed by atoms with van der Waals surface area (Å²) in [6, 6.07) is 5.58. The number of rotatable bonds is 5. The third-order valence-corrected chi connectivity index (χ3v) is 2.80. The Morgan fingerprint density at radius 3 is 3.00 bits per heavy atom. The molecule has 1 aromatic carbocycles. The fraction of sp³-hybridized carbons (Fsp3) is 0.417. The number of hydrogen-bond donors (Lipinski definition) is 2. The van der Waals surface area contributed by atoms with Gasteiger partial charge in [-0.3, -0.25) is 0 Å². The maximum absolute atomic E-state index is 10.5. The van der Waals surface area contributed by atoms with Crippen LogP contribution in [0.3, 0.4) is 0 Å². The number of carboxylic acids is 1. The smallest absolute Gasteiger partial charge is 0.341 e. The van der Waals surface area contributed by atoms with E-state index in [1.165, 1.54) is 0 Å². The summed E-state index contributed by atoms with van der Waals surface area (Å²) in [5, 5.41) is 17.5. The Morgan fingerprint density at radius 2 is 2.29 bits per heavy atom. The van der Waals surface area contributed by atoms with Gasteiger partial charge in [-0.1, -0.05) is 6.07 Å². The van der Waals surface area contributed by atoms with Gasteiger partial charge in [0.25, 0.3) is 0 Å². The molecule has 0 amide bonds. The van der Waals surface area contributed by atoms with E-state index in [0.717, 1.165) is 24.2 Å². The van der Waals surface area contributed by atoms with Crippen molar-refractivity contribution in [2.45, 2.75) is 6.42 Å². The van der Waals surface area contributed by atoms with Crippen LogP contribution in [0.2, 0.25) is 0 Å². The standard InChI is InChI=1S/C12H15NO4/c14-7-6-13-5-4-9-10(13)2-1-3-11(9)17-8-12(15)16/h1-3,14H,4-8H2,(H,15,16). The quantitative estimate of drug-likeness (QED) is 0.780. The van der Waals surface area contributed by atoms with Crippen LogP contribution in [0.15, 0.2) is 18.2 Å². The highest BCUT2D eigenvalue weighted by atomic mass is 16.5. The molecule has 0 bridgehead atoms. The number of hydrogen-bond acceptors (Lipinski definition) is 4. The average Bonchev–Trinajstić information content (AvgIpc) is 2.71. The molecule has 0 fully saturated rings. The zero-order valence-electron chi connectivity index (χ0n) is 9.43. The van der Waals surface area contributed by atoms with Gasteiger partial charge < -0.3 is 19.8 Å². The van der Waals surface area contributed by atoms with Gasteiger partial charge in [-0.15, -0.1) is 0 Å². The highest BCUT2D eigenvalue weighted by Gasteiger charge is 2.21. The summed E-state index contributed by atoms with van der Waals surface area (Å²) >= 11 is 0. The van der Waals surface area contributed by atoms with Gasteiger partial charge >= 0.3 is 5.97 Å². The Labute approximate surface area is 99.2 Å². The van der Waals surface area contributed by atoms with Crippen LogP contribution in [0, 0.1) is 0 Å². The van der Waals surface area contributed by atoms with E-state index >= 15 is 0 Å². The molecule has 0 atom stereocenters. The number of aliphatic carboxylic acids is 1. The van der Waals surface area contributed by atoms with Gasteiger partial charge in [0.15, 0.2) is 6.61 Å². The first kappa shape index (κ1) is 11.7. The molecule has 1 aliphatic heterocycles. The number of β-amino-alcohol motifs (C(OH)–C–C–N with tert-alkyl or cyclic N) is 1. The van der Waals surface area contributed by atoms with Crippen LogP contribution < -0.4 is 9.64 Å². The van der Waals surface area contributed by atoms with Gasteiger partial charge in [0.1, 0.15) is 5.75 Å². The molecule has 1 aromatic rings. The fourth-order valence-corrected chi connectivity index (χ4v) is 2.10. The molecule has 2 N–H and O–H groups in total. The third-order valence-electron chi connectivity index (χ3n) is 2.80. The number of ether oxygens (including phenoxy) is 1. The Bertz CT molecular complexity index is 419. The predicted molar refractivity (Wildman–Crippen MR) is 62.6 cm³/mol. The molecule has 2 rings (SSSR count). The minimum absolute atomic E-state index is 0.111. The van der Waals surface area contributed by atoms with Crippen LogP contribution in [-0.4, -0.2) is 42.5 Å². The van der Waals surface area contributed by atoms with Gasteiger partial charge in [-0.05, 0) is 18.6 Å². The summed E-state index contributed by atoms with van der Waals surface area (Å²) in [7, 11) is 0. The normalized spacial score (nSPS) is 13.6. The number of aliphatic hydroxyl groups excluding tert-OH is 1. The van der Waals surface area contributed by atoms with Crippen LogP contribution in [0.1, 0.15) is 5.56 Å². The number of benzene rings is 1. The van der Waals surface area contributed by atoms with Crippen molar-refractivity contribution >= 4 is 11.7 Å². The molecule has 5 heteroatoms. The Hall–Kier alpha value is -1.75. The summed E-state index contributed by atoms with van der Waals surface area (Å²) in [5.41, 5.74) is 2.06. The van der Waals surface area contributed by atoms with Crippen molar-refractivity contribution in [3.8, 4) is 5.75 Å². The van der Waals surface area contributed by atoms with E-state index in [9.17, 15) is 4.79 Å². The molecule has 0 saturated carbocycles. The van der Waals surface area contributed by atoms with Crippen LogP contribution in [0.25, 0.3) is 0 Å². The number of carbonyl (C=O) groups is 1. The van der Waals surface area contributed by atoms with E-state index in [2.05, 4.69) is 4.90 Å². The van der Waals surface area contributed by atoms with E-state index < -0.39 is 5.97 Å².